The van der Waals surface area contributed by atoms with E-state index in [-0.39, 0.29) is 25.7 Å². The zero-order chi connectivity index (χ0) is 44.1. The van der Waals surface area contributed by atoms with Crippen molar-refractivity contribution < 1.29 is 39.3 Å². The highest BCUT2D eigenvalue weighted by molar-refractivity contribution is 5.77. The average molecular weight is 831 g/mol. The van der Waals surface area contributed by atoms with Gasteiger partial charge in [0.25, 0.3) is 0 Å². The van der Waals surface area contributed by atoms with E-state index >= 15 is 0 Å². The number of nitrogens with two attached hydrogens (primary N) is 4. The van der Waals surface area contributed by atoms with Crippen LogP contribution in [0.15, 0.2) is 0 Å². The molecule has 14 nitrogen and oxygen atoms in total. The van der Waals surface area contributed by atoms with Crippen molar-refractivity contribution in [3.63, 3.8) is 0 Å². The third kappa shape index (κ3) is 49.3. The lowest BCUT2D eigenvalue weighted by Crippen LogP contribution is -2.38. The van der Waals surface area contributed by atoms with Crippen molar-refractivity contribution in [3.05, 3.63) is 0 Å². The van der Waals surface area contributed by atoms with Gasteiger partial charge in [-0.05, 0) is 58.2 Å². The smallest absolute Gasteiger partial charge is 0.320 e. The van der Waals surface area contributed by atoms with Gasteiger partial charge in [-0.15, -0.1) is 0 Å². The number of hydrogen-bond acceptors (Lipinski definition) is 9. The van der Waals surface area contributed by atoms with E-state index in [9.17, 15) is 24.0 Å². The Labute approximate surface area is 352 Å². The zero-order valence-electron chi connectivity index (χ0n) is 37.0. The topological polar surface area (TPSA) is 274 Å². The molecule has 0 aromatic heterocycles. The summed E-state index contributed by atoms with van der Waals surface area (Å²) in [6, 6.07) is -2.04. The van der Waals surface area contributed by atoms with Crippen molar-refractivity contribution in [1.29, 1.82) is 0 Å². The number of carbonyl (C=O) groups is 5. The summed E-state index contributed by atoms with van der Waals surface area (Å²) in [6.45, 7) is 6.48. The van der Waals surface area contributed by atoms with E-state index in [1.807, 2.05) is 0 Å². The Kier molecular flexibility index (Phi) is 48.1. The lowest BCUT2D eigenvalue weighted by molar-refractivity contribution is -0.140. The number of unbranched alkanes of at least 4 members (excludes halogenated alkanes) is 23. The minimum atomic E-state index is -0.933. The van der Waals surface area contributed by atoms with E-state index in [1.165, 1.54) is 128 Å². The minimum absolute atomic E-state index is 0.114. The van der Waals surface area contributed by atoms with Crippen molar-refractivity contribution in [3.8, 4) is 0 Å². The molecule has 58 heavy (non-hydrogen) atoms. The molecule has 3 atom stereocenters. The summed E-state index contributed by atoms with van der Waals surface area (Å²) in [7, 11) is 0. The van der Waals surface area contributed by atoms with Crippen molar-refractivity contribution in [2.45, 2.75) is 231 Å². The molecule has 14 heteroatoms. The lowest BCUT2D eigenvalue weighted by atomic mass is 10.1. The second-order valence-corrected chi connectivity index (χ2v) is 15.7. The van der Waals surface area contributed by atoms with Gasteiger partial charge in [0.05, 0.1) is 0 Å². The summed E-state index contributed by atoms with van der Waals surface area (Å²) in [4.78, 5) is 53.7. The first kappa shape index (κ1) is 59.5. The normalized spacial score (nSPS) is 12.3. The van der Waals surface area contributed by atoms with Crippen LogP contribution in [-0.2, 0) is 24.0 Å². The molecule has 0 saturated heterocycles. The molecule has 0 rings (SSSR count). The predicted molar refractivity (Wildman–Crippen MR) is 236 cm³/mol. The van der Waals surface area contributed by atoms with Crippen molar-refractivity contribution >= 4 is 29.7 Å². The summed E-state index contributed by atoms with van der Waals surface area (Å²) in [6.07, 6.45) is 33.9. The molecular formula is C44H90N6O8. The first-order valence-electron chi connectivity index (χ1n) is 23.0. The largest absolute Gasteiger partial charge is 0.480 e. The molecule has 0 saturated carbocycles. The molecule has 0 aromatic carbocycles. The van der Waals surface area contributed by atoms with Gasteiger partial charge in [0.15, 0.2) is 0 Å². The second-order valence-electron chi connectivity index (χ2n) is 15.7. The first-order chi connectivity index (χ1) is 27.8. The number of carbonyl (C=O) groups excluding carboxylic acids is 2. The van der Waals surface area contributed by atoms with Gasteiger partial charge >= 0.3 is 17.9 Å². The van der Waals surface area contributed by atoms with Gasteiger partial charge in [-0.2, -0.15) is 0 Å². The van der Waals surface area contributed by atoms with E-state index in [1.54, 1.807) is 0 Å². The summed E-state index contributed by atoms with van der Waals surface area (Å²) >= 11 is 0. The van der Waals surface area contributed by atoms with Gasteiger partial charge in [0.2, 0.25) is 11.8 Å². The average Bonchev–Trinajstić information content (AvgIpc) is 3.17. The summed E-state index contributed by atoms with van der Waals surface area (Å²) in [5.74, 6) is -3.65. The van der Waals surface area contributed by atoms with Crippen molar-refractivity contribution in [2.75, 3.05) is 19.6 Å². The van der Waals surface area contributed by atoms with Crippen LogP contribution in [-0.4, -0.2) is 82.8 Å². The molecule has 2 amide bonds. The number of primary amides is 2. The number of carboxylic acids is 3. The van der Waals surface area contributed by atoms with E-state index in [0.29, 0.717) is 26.1 Å². The maximum absolute atomic E-state index is 11.0. The van der Waals surface area contributed by atoms with Gasteiger partial charge in [0.1, 0.15) is 18.1 Å². The monoisotopic (exact) mass is 831 g/mol. The highest BCUT2D eigenvalue weighted by Gasteiger charge is 2.18. The predicted octanol–water partition coefficient (Wildman–Crippen LogP) is 7.52. The molecule has 0 aliphatic rings. The summed E-state index contributed by atoms with van der Waals surface area (Å²) in [5.41, 5.74) is 20.5. The minimum Gasteiger partial charge on any atom is -0.480 e. The Morgan fingerprint density at radius 2 is 0.724 bits per heavy atom. The third-order valence-electron chi connectivity index (χ3n) is 10.1. The van der Waals surface area contributed by atoms with Gasteiger partial charge in [0, 0.05) is 12.8 Å². The van der Waals surface area contributed by atoms with Gasteiger partial charge in [-0.25, -0.2) is 0 Å². The Bertz CT molecular complexity index is 912. The van der Waals surface area contributed by atoms with Crippen LogP contribution < -0.4 is 33.6 Å². The van der Waals surface area contributed by atoms with Crippen LogP contribution >= 0.6 is 0 Å². The van der Waals surface area contributed by atoms with Gasteiger partial charge in [-0.3, -0.25) is 24.0 Å². The molecule has 0 aliphatic carbocycles. The Balaban J connectivity index is -0.000000847. The zero-order valence-corrected chi connectivity index (χ0v) is 37.0. The SMILES string of the molecule is CCCCCCCCCCCCCCNC(CCC(N)=O)C(=O)O.CCCCCCCCCCCCCCNC(CCC(N)=O)C(=O)O.NCCCCC(N)C(=O)O. The Morgan fingerprint density at radius 1 is 0.431 bits per heavy atom. The standard InChI is InChI=1S/2C19H38N2O3.C6H14N2O2/c2*1-2-3-4-5-6-7-8-9-10-11-12-13-16-21-17(19(23)24)14-15-18(20)22;7-4-2-1-3-5(8)6(9)10/h2*17,21H,2-16H2,1H3,(H2,20,22)(H,23,24);5H,1-4,7-8H2,(H,9,10). The second kappa shape index (κ2) is 46.9. The molecule has 0 aliphatic heterocycles. The maximum Gasteiger partial charge on any atom is 0.320 e. The van der Waals surface area contributed by atoms with Gasteiger partial charge in [-0.1, -0.05) is 162 Å². The quantitative estimate of drug-likeness (QED) is 0.0271. The summed E-state index contributed by atoms with van der Waals surface area (Å²) in [5, 5.41) is 32.5. The molecule has 344 valence electrons. The lowest BCUT2D eigenvalue weighted by Gasteiger charge is -2.13. The Hall–Kier alpha value is -2.81. The third-order valence-corrected chi connectivity index (χ3v) is 10.1. The number of aliphatic carboxylic acids is 3. The van der Waals surface area contributed by atoms with Crippen LogP contribution in [0.2, 0.25) is 0 Å². The molecule has 0 heterocycles. The van der Waals surface area contributed by atoms with Crippen LogP contribution in [0.4, 0.5) is 0 Å². The molecule has 13 N–H and O–H groups in total. The molecule has 3 unspecified atom stereocenters. The number of rotatable bonds is 41. The number of carboxylic acid groups (broad SMARTS) is 3. The maximum atomic E-state index is 11.0. The fourth-order valence-electron chi connectivity index (χ4n) is 6.32. The molecule has 0 spiro atoms. The van der Waals surface area contributed by atoms with Gasteiger partial charge < -0.3 is 48.9 Å². The van der Waals surface area contributed by atoms with E-state index in [4.69, 9.17) is 38.3 Å². The van der Waals surface area contributed by atoms with Crippen LogP contribution in [0.5, 0.6) is 0 Å². The fourth-order valence-corrected chi connectivity index (χ4v) is 6.32. The molecule has 0 aromatic rings. The molecule has 0 fully saturated rings. The van der Waals surface area contributed by atoms with E-state index in [0.717, 1.165) is 38.5 Å². The van der Waals surface area contributed by atoms with Crippen LogP contribution in [0.3, 0.4) is 0 Å². The van der Waals surface area contributed by atoms with Crippen LogP contribution in [0, 0.1) is 0 Å². The number of hydrogen-bond donors (Lipinski definition) is 9. The number of nitrogens with one attached hydrogen (secondary N) is 2. The van der Waals surface area contributed by atoms with Crippen LogP contribution in [0.25, 0.3) is 0 Å². The first-order valence-corrected chi connectivity index (χ1v) is 23.0. The van der Waals surface area contributed by atoms with Crippen molar-refractivity contribution in [1.82, 2.24) is 10.6 Å². The number of amides is 2. The highest BCUT2D eigenvalue weighted by Crippen LogP contribution is 2.13. The Morgan fingerprint density at radius 3 is 0.966 bits per heavy atom. The molecule has 0 bridgehead atoms. The van der Waals surface area contributed by atoms with Crippen LogP contribution in [0.1, 0.15) is 213 Å². The summed E-state index contributed by atoms with van der Waals surface area (Å²) < 4.78 is 0. The van der Waals surface area contributed by atoms with Crippen molar-refractivity contribution in [2.24, 2.45) is 22.9 Å². The highest BCUT2D eigenvalue weighted by atomic mass is 16.4. The fraction of sp³-hybridized carbons (Fsp3) is 0.886. The van der Waals surface area contributed by atoms with E-state index in [2.05, 4.69) is 24.5 Å². The molecule has 0 radical (unpaired) electrons. The van der Waals surface area contributed by atoms with E-state index < -0.39 is 47.8 Å². The molecular weight excluding hydrogens is 741 g/mol.